The van der Waals surface area contributed by atoms with Crippen molar-refractivity contribution in [1.29, 1.82) is 0 Å². The minimum atomic E-state index is -0.943. The number of fused-ring (bicyclic) bond motifs is 2. The first-order chi connectivity index (χ1) is 13.1. The van der Waals surface area contributed by atoms with Crippen molar-refractivity contribution in [2.75, 3.05) is 12.1 Å². The number of benzene rings is 2. The quantitative estimate of drug-likeness (QED) is 0.752. The molecule has 0 saturated carbocycles. The Balaban J connectivity index is 1.37. The van der Waals surface area contributed by atoms with Crippen molar-refractivity contribution in [3.63, 3.8) is 0 Å². The zero-order valence-corrected chi connectivity index (χ0v) is 14.3. The molecule has 138 valence electrons. The Morgan fingerprint density at radius 2 is 1.93 bits per heavy atom. The van der Waals surface area contributed by atoms with Crippen LogP contribution in [-0.2, 0) is 16.1 Å². The van der Waals surface area contributed by atoms with Crippen molar-refractivity contribution in [1.82, 2.24) is 10.6 Å². The fourth-order valence-corrected chi connectivity index (χ4v) is 2.96. The molecule has 0 spiro atoms. The molecule has 3 amide bonds. The third-order valence-electron chi connectivity index (χ3n) is 4.37. The number of hydrogen-bond donors (Lipinski definition) is 3. The van der Waals surface area contributed by atoms with Crippen LogP contribution in [0.1, 0.15) is 22.3 Å². The molecule has 0 saturated heterocycles. The highest BCUT2D eigenvalue weighted by Gasteiger charge is 2.29. The maximum absolute atomic E-state index is 12.3. The minimum Gasteiger partial charge on any atom is -0.454 e. The third kappa shape index (κ3) is 3.55. The third-order valence-corrected chi connectivity index (χ3v) is 4.37. The van der Waals surface area contributed by atoms with Gasteiger partial charge in [0, 0.05) is 6.54 Å². The van der Waals surface area contributed by atoms with Crippen molar-refractivity contribution in [2.24, 2.45) is 0 Å². The second kappa shape index (κ2) is 6.99. The molecular weight excluding hydrogens is 350 g/mol. The number of anilines is 1. The highest BCUT2D eigenvalue weighted by molar-refractivity contribution is 6.10. The van der Waals surface area contributed by atoms with E-state index in [-0.39, 0.29) is 25.7 Å². The van der Waals surface area contributed by atoms with Crippen LogP contribution in [0.3, 0.4) is 0 Å². The largest absolute Gasteiger partial charge is 0.454 e. The predicted molar refractivity (Wildman–Crippen MR) is 95.4 cm³/mol. The van der Waals surface area contributed by atoms with E-state index in [1.807, 2.05) is 6.07 Å². The Labute approximate surface area is 154 Å². The van der Waals surface area contributed by atoms with Crippen molar-refractivity contribution in [2.45, 2.75) is 19.0 Å². The van der Waals surface area contributed by atoms with E-state index in [2.05, 4.69) is 16.0 Å². The Hall–Kier alpha value is -3.55. The number of rotatable bonds is 4. The molecule has 0 fully saturated rings. The molecule has 0 aromatic heterocycles. The molecule has 2 aliphatic heterocycles. The number of hydrogen-bond acceptors (Lipinski definition) is 5. The highest BCUT2D eigenvalue weighted by atomic mass is 16.7. The van der Waals surface area contributed by atoms with E-state index in [9.17, 15) is 14.4 Å². The zero-order chi connectivity index (χ0) is 18.8. The van der Waals surface area contributed by atoms with Gasteiger partial charge in [-0.2, -0.15) is 0 Å². The summed E-state index contributed by atoms with van der Waals surface area (Å²) in [4.78, 5) is 36.9. The first-order valence-corrected chi connectivity index (χ1v) is 8.46. The Kier molecular flexibility index (Phi) is 4.37. The summed E-state index contributed by atoms with van der Waals surface area (Å²) in [7, 11) is 0. The van der Waals surface area contributed by atoms with Gasteiger partial charge < -0.3 is 25.4 Å². The summed E-state index contributed by atoms with van der Waals surface area (Å²) in [5.74, 6) is 0.139. The maximum Gasteiger partial charge on any atom is 0.254 e. The van der Waals surface area contributed by atoms with Crippen LogP contribution >= 0.6 is 0 Å². The van der Waals surface area contributed by atoms with Gasteiger partial charge in [-0.1, -0.05) is 18.2 Å². The molecule has 0 bridgehead atoms. The molecule has 2 aliphatic rings. The minimum absolute atomic E-state index is 0.157. The number of nitrogens with one attached hydrogen (secondary N) is 3. The first-order valence-electron chi connectivity index (χ1n) is 8.46. The van der Waals surface area contributed by atoms with E-state index in [0.29, 0.717) is 22.7 Å². The van der Waals surface area contributed by atoms with Gasteiger partial charge >= 0.3 is 0 Å². The van der Waals surface area contributed by atoms with Crippen molar-refractivity contribution in [3.8, 4) is 11.5 Å². The second-order valence-electron chi connectivity index (χ2n) is 6.23. The molecule has 27 heavy (non-hydrogen) atoms. The van der Waals surface area contributed by atoms with Crippen LogP contribution in [0.25, 0.3) is 0 Å². The van der Waals surface area contributed by atoms with Gasteiger partial charge in [0.15, 0.2) is 11.5 Å². The summed E-state index contributed by atoms with van der Waals surface area (Å²) in [6, 6.07) is 11.2. The summed E-state index contributed by atoms with van der Waals surface area (Å²) in [5.41, 5.74) is 1.65. The Morgan fingerprint density at radius 3 is 2.81 bits per heavy atom. The molecule has 4 rings (SSSR count). The van der Waals surface area contributed by atoms with E-state index < -0.39 is 17.9 Å². The van der Waals surface area contributed by atoms with Crippen LogP contribution < -0.4 is 25.4 Å². The van der Waals surface area contributed by atoms with Crippen LogP contribution in [0.5, 0.6) is 11.5 Å². The van der Waals surface area contributed by atoms with E-state index in [4.69, 9.17) is 9.47 Å². The van der Waals surface area contributed by atoms with Gasteiger partial charge in [0.25, 0.3) is 5.91 Å². The normalized spacial score (nSPS) is 17.4. The molecule has 0 unspecified atom stereocenters. The van der Waals surface area contributed by atoms with Crippen LogP contribution in [0, 0.1) is 0 Å². The van der Waals surface area contributed by atoms with Crippen LogP contribution in [0.4, 0.5) is 5.69 Å². The lowest BCUT2D eigenvalue weighted by Gasteiger charge is -2.14. The molecule has 0 radical (unpaired) electrons. The van der Waals surface area contributed by atoms with Gasteiger partial charge in [0.2, 0.25) is 18.6 Å². The topological polar surface area (TPSA) is 106 Å². The molecule has 2 aromatic rings. The standard InChI is InChI=1S/C19H17N3O5/c23-17(20-9-11-5-6-15-16(7-11)27-10-26-15)8-14-19(25)21-13-4-2-1-3-12(13)18(24)22-14/h1-7,14H,8-10H2,(H,20,23)(H,21,25)(H,22,24)/t14-/m1/s1. The van der Waals surface area contributed by atoms with E-state index in [0.717, 1.165) is 5.56 Å². The molecule has 1 atom stereocenters. The number of ether oxygens (including phenoxy) is 2. The van der Waals surface area contributed by atoms with Gasteiger partial charge in [0.1, 0.15) is 6.04 Å². The average molecular weight is 367 g/mol. The fraction of sp³-hybridized carbons (Fsp3) is 0.211. The molecule has 2 aromatic carbocycles. The molecular formula is C19H17N3O5. The van der Waals surface area contributed by atoms with E-state index in [1.54, 1.807) is 36.4 Å². The molecule has 8 nitrogen and oxygen atoms in total. The molecule has 2 heterocycles. The summed E-state index contributed by atoms with van der Waals surface area (Å²) < 4.78 is 10.5. The molecule has 8 heteroatoms. The number of amides is 3. The number of carbonyl (C=O) groups excluding carboxylic acids is 3. The zero-order valence-electron chi connectivity index (χ0n) is 14.3. The second-order valence-corrected chi connectivity index (χ2v) is 6.23. The van der Waals surface area contributed by atoms with Gasteiger partial charge in [0.05, 0.1) is 17.7 Å². The Morgan fingerprint density at radius 1 is 1.11 bits per heavy atom. The number of para-hydroxylation sites is 1. The van der Waals surface area contributed by atoms with E-state index >= 15 is 0 Å². The van der Waals surface area contributed by atoms with Crippen LogP contribution in [0.2, 0.25) is 0 Å². The van der Waals surface area contributed by atoms with Crippen LogP contribution in [-0.4, -0.2) is 30.6 Å². The van der Waals surface area contributed by atoms with Crippen molar-refractivity contribution in [3.05, 3.63) is 53.6 Å². The summed E-state index contributed by atoms with van der Waals surface area (Å²) in [6.07, 6.45) is -0.157. The molecule has 3 N–H and O–H groups in total. The van der Waals surface area contributed by atoms with Gasteiger partial charge in [-0.05, 0) is 29.8 Å². The smallest absolute Gasteiger partial charge is 0.254 e. The van der Waals surface area contributed by atoms with Crippen molar-refractivity contribution >= 4 is 23.4 Å². The first kappa shape index (κ1) is 16.9. The van der Waals surface area contributed by atoms with Crippen LogP contribution in [0.15, 0.2) is 42.5 Å². The number of carbonyl (C=O) groups is 3. The summed E-state index contributed by atoms with van der Waals surface area (Å²) in [6.45, 7) is 0.460. The lowest BCUT2D eigenvalue weighted by Crippen LogP contribution is -2.44. The average Bonchev–Trinajstić information content (AvgIpc) is 3.09. The monoisotopic (exact) mass is 367 g/mol. The SMILES string of the molecule is O=C(C[C@H]1NC(=O)c2ccccc2NC1=O)NCc1ccc2c(c1)OCO2. The highest BCUT2D eigenvalue weighted by Crippen LogP contribution is 2.32. The maximum atomic E-state index is 12.3. The molecule has 0 aliphatic carbocycles. The van der Waals surface area contributed by atoms with Gasteiger partial charge in [-0.3, -0.25) is 14.4 Å². The lowest BCUT2D eigenvalue weighted by molar-refractivity contribution is -0.125. The summed E-state index contributed by atoms with van der Waals surface area (Å²) in [5, 5.41) is 8.02. The Bertz CT molecular complexity index is 927. The fourth-order valence-electron chi connectivity index (χ4n) is 2.96. The lowest BCUT2D eigenvalue weighted by atomic mass is 10.1. The van der Waals surface area contributed by atoms with Crippen molar-refractivity contribution < 1.29 is 23.9 Å². The van der Waals surface area contributed by atoms with Gasteiger partial charge in [-0.25, -0.2) is 0 Å². The summed E-state index contributed by atoms with van der Waals surface area (Å²) >= 11 is 0. The predicted octanol–water partition coefficient (Wildman–Crippen LogP) is 1.17. The van der Waals surface area contributed by atoms with E-state index in [1.165, 1.54) is 0 Å². The van der Waals surface area contributed by atoms with Gasteiger partial charge in [-0.15, -0.1) is 0 Å².